The molecule has 0 radical (unpaired) electrons. The summed E-state index contributed by atoms with van der Waals surface area (Å²) in [6, 6.07) is 4.16. The maximum atomic E-state index is 13.0. The second kappa shape index (κ2) is 6.39. The van der Waals surface area contributed by atoms with Gasteiger partial charge in [-0.2, -0.15) is 5.10 Å². The fraction of sp³-hybridized carbons (Fsp3) is 0.421. The SMILES string of the molecule is O=C(C1CCN(c2nccn3nccc23)CC1)N1CCc2sccc2C1. The average molecular weight is 367 g/mol. The van der Waals surface area contributed by atoms with E-state index < -0.39 is 0 Å². The highest BCUT2D eigenvalue weighted by Crippen LogP contribution is 2.29. The van der Waals surface area contributed by atoms with Crippen LogP contribution < -0.4 is 4.90 Å². The third-order valence-corrected chi connectivity index (χ3v) is 6.59. The van der Waals surface area contributed by atoms with Crippen LogP contribution in [0, 0.1) is 5.92 Å². The summed E-state index contributed by atoms with van der Waals surface area (Å²) in [4.78, 5) is 23.3. The molecule has 7 heteroatoms. The molecule has 1 amide bonds. The first kappa shape index (κ1) is 15.8. The second-order valence-electron chi connectivity index (χ2n) is 7.05. The molecule has 0 aliphatic carbocycles. The van der Waals surface area contributed by atoms with Crippen LogP contribution in [0.5, 0.6) is 0 Å². The molecule has 2 aliphatic heterocycles. The number of carbonyl (C=O) groups excluding carboxylic acids is 1. The van der Waals surface area contributed by atoms with Crippen molar-refractivity contribution in [2.24, 2.45) is 5.92 Å². The van der Waals surface area contributed by atoms with Crippen molar-refractivity contribution in [1.82, 2.24) is 19.5 Å². The average Bonchev–Trinajstić information content (AvgIpc) is 3.35. The van der Waals surface area contributed by atoms with Gasteiger partial charge in [0, 0.05) is 49.4 Å². The van der Waals surface area contributed by atoms with E-state index in [1.807, 2.05) is 28.1 Å². The molecular weight excluding hydrogens is 346 g/mol. The summed E-state index contributed by atoms with van der Waals surface area (Å²) in [6.07, 6.45) is 8.24. The number of aromatic nitrogens is 3. The highest BCUT2D eigenvalue weighted by molar-refractivity contribution is 7.10. The molecule has 0 unspecified atom stereocenters. The summed E-state index contributed by atoms with van der Waals surface area (Å²) >= 11 is 1.82. The minimum absolute atomic E-state index is 0.135. The van der Waals surface area contributed by atoms with Gasteiger partial charge in [-0.1, -0.05) is 0 Å². The highest BCUT2D eigenvalue weighted by atomic mass is 32.1. The highest BCUT2D eigenvalue weighted by Gasteiger charge is 2.31. The Morgan fingerprint density at radius 3 is 2.92 bits per heavy atom. The Bertz CT molecular complexity index is 940. The Kier molecular flexibility index (Phi) is 3.89. The molecule has 0 N–H and O–H groups in total. The number of anilines is 1. The van der Waals surface area contributed by atoms with E-state index in [4.69, 9.17) is 0 Å². The Labute approximate surface area is 156 Å². The molecule has 0 saturated carbocycles. The first-order valence-corrected chi connectivity index (χ1v) is 10.0. The molecule has 1 fully saturated rings. The monoisotopic (exact) mass is 367 g/mol. The Morgan fingerprint density at radius 1 is 1.15 bits per heavy atom. The van der Waals surface area contributed by atoms with Crippen LogP contribution in [-0.2, 0) is 17.8 Å². The third kappa shape index (κ3) is 2.67. The van der Waals surface area contributed by atoms with Gasteiger partial charge in [0.25, 0.3) is 0 Å². The number of piperidine rings is 1. The van der Waals surface area contributed by atoms with Crippen molar-refractivity contribution in [2.75, 3.05) is 24.5 Å². The molecule has 5 heterocycles. The van der Waals surface area contributed by atoms with Crippen LogP contribution in [0.3, 0.4) is 0 Å². The lowest BCUT2D eigenvalue weighted by molar-refractivity contribution is -0.137. The molecule has 3 aromatic rings. The van der Waals surface area contributed by atoms with Crippen molar-refractivity contribution in [3.63, 3.8) is 0 Å². The van der Waals surface area contributed by atoms with Crippen LogP contribution in [0.4, 0.5) is 5.82 Å². The summed E-state index contributed by atoms with van der Waals surface area (Å²) < 4.78 is 1.85. The lowest BCUT2D eigenvalue weighted by Crippen LogP contribution is -2.44. The maximum Gasteiger partial charge on any atom is 0.226 e. The fourth-order valence-corrected chi connectivity index (χ4v) is 5.01. The molecule has 0 aromatic carbocycles. The molecule has 26 heavy (non-hydrogen) atoms. The molecule has 0 bridgehead atoms. The van der Waals surface area contributed by atoms with E-state index in [0.717, 1.165) is 56.8 Å². The van der Waals surface area contributed by atoms with Crippen molar-refractivity contribution >= 4 is 28.6 Å². The van der Waals surface area contributed by atoms with Crippen molar-refractivity contribution in [3.05, 3.63) is 46.5 Å². The molecule has 2 aliphatic rings. The van der Waals surface area contributed by atoms with Crippen LogP contribution in [0.2, 0.25) is 0 Å². The van der Waals surface area contributed by atoms with E-state index in [1.54, 1.807) is 12.4 Å². The fourth-order valence-electron chi connectivity index (χ4n) is 4.12. The van der Waals surface area contributed by atoms with E-state index in [2.05, 4.69) is 31.3 Å². The van der Waals surface area contributed by atoms with Crippen molar-refractivity contribution in [1.29, 1.82) is 0 Å². The zero-order chi connectivity index (χ0) is 17.5. The second-order valence-corrected chi connectivity index (χ2v) is 8.05. The number of thiophene rings is 1. The summed E-state index contributed by atoms with van der Waals surface area (Å²) in [6.45, 7) is 3.38. The van der Waals surface area contributed by atoms with Gasteiger partial charge in [0.1, 0.15) is 5.52 Å². The molecule has 0 spiro atoms. The normalized spacial score (nSPS) is 18.3. The van der Waals surface area contributed by atoms with E-state index in [9.17, 15) is 4.79 Å². The lowest BCUT2D eigenvalue weighted by atomic mass is 9.94. The van der Waals surface area contributed by atoms with Gasteiger partial charge in [-0.15, -0.1) is 11.3 Å². The van der Waals surface area contributed by atoms with Crippen LogP contribution in [0.1, 0.15) is 23.3 Å². The van der Waals surface area contributed by atoms with Gasteiger partial charge in [0.2, 0.25) is 5.91 Å². The van der Waals surface area contributed by atoms with Crippen molar-refractivity contribution in [3.8, 4) is 0 Å². The van der Waals surface area contributed by atoms with Gasteiger partial charge in [0.15, 0.2) is 5.82 Å². The molecule has 3 aromatic heterocycles. The smallest absolute Gasteiger partial charge is 0.226 e. The zero-order valence-electron chi connectivity index (χ0n) is 14.5. The molecule has 1 saturated heterocycles. The number of hydrogen-bond donors (Lipinski definition) is 0. The molecule has 134 valence electrons. The maximum absolute atomic E-state index is 13.0. The first-order chi connectivity index (χ1) is 12.8. The Morgan fingerprint density at radius 2 is 2.04 bits per heavy atom. The van der Waals surface area contributed by atoms with Crippen molar-refractivity contribution < 1.29 is 4.79 Å². The molecule has 0 atom stereocenters. The summed E-state index contributed by atoms with van der Waals surface area (Å²) in [5, 5.41) is 6.42. The number of amides is 1. The third-order valence-electron chi connectivity index (χ3n) is 5.57. The van der Waals surface area contributed by atoms with Gasteiger partial charge in [-0.25, -0.2) is 9.50 Å². The van der Waals surface area contributed by atoms with Crippen LogP contribution in [0.25, 0.3) is 5.52 Å². The van der Waals surface area contributed by atoms with Gasteiger partial charge >= 0.3 is 0 Å². The summed E-state index contributed by atoms with van der Waals surface area (Å²) in [5.74, 6) is 1.44. The van der Waals surface area contributed by atoms with Crippen molar-refractivity contribution in [2.45, 2.75) is 25.8 Å². The molecule has 6 nitrogen and oxygen atoms in total. The number of carbonyl (C=O) groups is 1. The number of nitrogens with zero attached hydrogens (tertiary/aromatic N) is 5. The first-order valence-electron chi connectivity index (χ1n) is 9.17. The minimum Gasteiger partial charge on any atom is -0.355 e. The van der Waals surface area contributed by atoms with Crippen LogP contribution in [-0.4, -0.2) is 45.0 Å². The van der Waals surface area contributed by atoms with E-state index in [-0.39, 0.29) is 5.92 Å². The Balaban J connectivity index is 1.26. The standard InChI is InChI=1S/C19H21N5OS/c25-19(23-10-4-17-15(13-23)5-12-26-17)14-2-8-22(9-3-14)18-16-1-6-21-24(16)11-7-20-18/h1,5-7,11-12,14H,2-4,8-10,13H2. The van der Waals surface area contributed by atoms with Gasteiger partial charge in [0.05, 0.1) is 6.20 Å². The number of rotatable bonds is 2. The lowest BCUT2D eigenvalue weighted by Gasteiger charge is -2.36. The van der Waals surface area contributed by atoms with Crippen LogP contribution >= 0.6 is 11.3 Å². The molecule has 5 rings (SSSR count). The summed E-state index contributed by atoms with van der Waals surface area (Å²) in [5.41, 5.74) is 2.36. The van der Waals surface area contributed by atoms with Crippen LogP contribution in [0.15, 0.2) is 36.1 Å². The van der Waals surface area contributed by atoms with Gasteiger partial charge < -0.3 is 9.80 Å². The van der Waals surface area contributed by atoms with Gasteiger partial charge in [-0.05, 0) is 42.3 Å². The van der Waals surface area contributed by atoms with E-state index >= 15 is 0 Å². The van der Waals surface area contributed by atoms with E-state index in [1.165, 1.54) is 10.4 Å². The minimum atomic E-state index is 0.135. The topological polar surface area (TPSA) is 53.7 Å². The molecular formula is C19H21N5OS. The Hall–Kier alpha value is -2.41. The number of fused-ring (bicyclic) bond motifs is 2. The predicted molar refractivity (Wildman–Crippen MR) is 101 cm³/mol. The largest absolute Gasteiger partial charge is 0.355 e. The van der Waals surface area contributed by atoms with Gasteiger partial charge in [-0.3, -0.25) is 4.79 Å². The predicted octanol–water partition coefficient (Wildman–Crippen LogP) is 2.59. The number of hydrogen-bond acceptors (Lipinski definition) is 5. The quantitative estimate of drug-likeness (QED) is 0.699. The van der Waals surface area contributed by atoms with E-state index in [0.29, 0.717) is 5.91 Å². The zero-order valence-corrected chi connectivity index (χ0v) is 15.4. The summed E-state index contributed by atoms with van der Waals surface area (Å²) in [7, 11) is 0.